The molecule has 0 aliphatic carbocycles. The fourth-order valence-corrected chi connectivity index (χ4v) is 3.25. The highest BCUT2D eigenvalue weighted by molar-refractivity contribution is 7.98. The molecule has 0 spiro atoms. The molecule has 0 aromatic heterocycles. The molecule has 1 aromatic carbocycles. The van der Waals surface area contributed by atoms with Gasteiger partial charge in [-0.1, -0.05) is 6.92 Å². The van der Waals surface area contributed by atoms with Gasteiger partial charge in [0, 0.05) is 22.9 Å². The van der Waals surface area contributed by atoms with Crippen LogP contribution in [0, 0.1) is 11.7 Å². The number of hydrogen-bond acceptors (Lipinski definition) is 3. The predicted octanol–water partition coefficient (Wildman–Crippen LogP) is 2.72. The Bertz CT molecular complexity index is 397. The molecule has 0 fully saturated rings. The molecule has 0 radical (unpaired) electrons. The summed E-state index contributed by atoms with van der Waals surface area (Å²) in [5, 5.41) is 0. The van der Waals surface area contributed by atoms with Crippen LogP contribution in [0.4, 0.5) is 4.39 Å². The van der Waals surface area contributed by atoms with Crippen molar-refractivity contribution >= 4 is 11.8 Å². The molecule has 2 unspecified atom stereocenters. The average Bonchev–Trinajstić information content (AvgIpc) is 2.41. The van der Waals surface area contributed by atoms with Crippen LogP contribution in [0.3, 0.4) is 0 Å². The van der Waals surface area contributed by atoms with Gasteiger partial charge in [0.25, 0.3) is 0 Å². The van der Waals surface area contributed by atoms with Gasteiger partial charge in [-0.2, -0.15) is 11.8 Å². The molecule has 88 valence electrons. The number of benzene rings is 1. The number of ether oxygens (including phenoxy) is 1. The van der Waals surface area contributed by atoms with E-state index < -0.39 is 0 Å². The lowest BCUT2D eigenvalue weighted by molar-refractivity contribution is 0.406. The quantitative estimate of drug-likeness (QED) is 0.821. The highest BCUT2D eigenvalue weighted by Gasteiger charge is 2.27. The Morgan fingerprint density at radius 2 is 2.25 bits per heavy atom. The third-order valence-electron chi connectivity index (χ3n) is 3.05. The van der Waals surface area contributed by atoms with Gasteiger partial charge in [0.05, 0.1) is 7.11 Å². The normalized spacial score (nSPS) is 24.8. The van der Waals surface area contributed by atoms with Crippen LogP contribution in [0.15, 0.2) is 12.1 Å². The summed E-state index contributed by atoms with van der Waals surface area (Å²) >= 11 is 1.78. The zero-order chi connectivity index (χ0) is 11.7. The van der Waals surface area contributed by atoms with Gasteiger partial charge >= 0.3 is 0 Å². The first-order valence-corrected chi connectivity index (χ1v) is 6.49. The van der Waals surface area contributed by atoms with E-state index in [-0.39, 0.29) is 17.8 Å². The Kier molecular flexibility index (Phi) is 3.40. The molecule has 16 heavy (non-hydrogen) atoms. The smallest absolute Gasteiger partial charge is 0.128 e. The minimum absolute atomic E-state index is 0.211. The summed E-state index contributed by atoms with van der Waals surface area (Å²) in [6, 6.07) is 2.89. The Hall–Kier alpha value is -0.740. The molecule has 1 aliphatic heterocycles. The van der Waals surface area contributed by atoms with E-state index in [0.29, 0.717) is 5.56 Å². The zero-order valence-corrected chi connectivity index (χ0v) is 10.3. The SMILES string of the molecule is COc1ccc(F)c2c1CSCC(C)C2N. The van der Waals surface area contributed by atoms with Crippen molar-refractivity contribution in [3.05, 3.63) is 29.1 Å². The van der Waals surface area contributed by atoms with Crippen molar-refractivity contribution < 1.29 is 9.13 Å². The first-order valence-electron chi connectivity index (χ1n) is 5.33. The summed E-state index contributed by atoms with van der Waals surface area (Å²) in [6.45, 7) is 2.06. The van der Waals surface area contributed by atoms with Gasteiger partial charge in [0.15, 0.2) is 0 Å². The molecule has 1 aliphatic rings. The van der Waals surface area contributed by atoms with Gasteiger partial charge in [-0.05, 0) is 23.8 Å². The lowest BCUT2D eigenvalue weighted by atomic mass is 9.92. The van der Waals surface area contributed by atoms with E-state index in [0.717, 1.165) is 22.8 Å². The van der Waals surface area contributed by atoms with Crippen LogP contribution in [0.2, 0.25) is 0 Å². The van der Waals surface area contributed by atoms with E-state index in [2.05, 4.69) is 6.92 Å². The number of hydrogen-bond donors (Lipinski definition) is 1. The standard InChI is InChI=1S/C12H16FNOS/c1-7-5-16-6-8-10(15-2)4-3-9(13)11(8)12(7)14/h3-4,7,12H,5-6,14H2,1-2H3. The van der Waals surface area contributed by atoms with Crippen molar-refractivity contribution in [1.29, 1.82) is 0 Å². The van der Waals surface area contributed by atoms with E-state index in [9.17, 15) is 4.39 Å². The third kappa shape index (κ3) is 1.92. The Balaban J connectivity index is 2.57. The van der Waals surface area contributed by atoms with Gasteiger partial charge in [-0.3, -0.25) is 0 Å². The minimum Gasteiger partial charge on any atom is -0.496 e. The van der Waals surface area contributed by atoms with E-state index in [1.165, 1.54) is 6.07 Å². The van der Waals surface area contributed by atoms with Gasteiger partial charge in [-0.25, -0.2) is 4.39 Å². The Morgan fingerprint density at radius 3 is 2.94 bits per heavy atom. The van der Waals surface area contributed by atoms with Gasteiger partial charge in [0.1, 0.15) is 11.6 Å². The average molecular weight is 241 g/mol. The lowest BCUT2D eigenvalue weighted by Gasteiger charge is -2.20. The number of nitrogens with two attached hydrogens (primary N) is 1. The molecule has 0 saturated carbocycles. The molecule has 0 amide bonds. The number of methoxy groups -OCH3 is 1. The van der Waals surface area contributed by atoms with Crippen LogP contribution < -0.4 is 10.5 Å². The fourth-order valence-electron chi connectivity index (χ4n) is 2.05. The van der Waals surface area contributed by atoms with Gasteiger partial charge < -0.3 is 10.5 Å². The summed E-state index contributed by atoms with van der Waals surface area (Å²) in [4.78, 5) is 0. The van der Waals surface area contributed by atoms with E-state index in [4.69, 9.17) is 10.5 Å². The van der Waals surface area contributed by atoms with E-state index in [1.807, 2.05) is 0 Å². The molecule has 2 nitrogen and oxygen atoms in total. The zero-order valence-electron chi connectivity index (χ0n) is 9.50. The van der Waals surface area contributed by atoms with Crippen LogP contribution in [0.1, 0.15) is 24.1 Å². The van der Waals surface area contributed by atoms with Crippen molar-refractivity contribution in [2.24, 2.45) is 11.7 Å². The summed E-state index contributed by atoms with van der Waals surface area (Å²) in [5.74, 6) is 2.55. The van der Waals surface area contributed by atoms with Gasteiger partial charge in [0.2, 0.25) is 0 Å². The van der Waals surface area contributed by atoms with Crippen molar-refractivity contribution in [2.45, 2.75) is 18.7 Å². The van der Waals surface area contributed by atoms with Gasteiger partial charge in [-0.15, -0.1) is 0 Å². The first-order chi connectivity index (χ1) is 7.65. The monoisotopic (exact) mass is 241 g/mol. The number of halogens is 1. The predicted molar refractivity (Wildman–Crippen MR) is 65.2 cm³/mol. The maximum absolute atomic E-state index is 13.8. The van der Waals surface area contributed by atoms with Crippen molar-refractivity contribution in [2.75, 3.05) is 12.9 Å². The molecule has 0 bridgehead atoms. The van der Waals surface area contributed by atoms with Crippen LogP contribution in [0.5, 0.6) is 5.75 Å². The van der Waals surface area contributed by atoms with E-state index in [1.54, 1.807) is 24.9 Å². The highest BCUT2D eigenvalue weighted by Crippen LogP contribution is 2.38. The Labute approximate surface area is 99.4 Å². The highest BCUT2D eigenvalue weighted by atomic mass is 32.2. The van der Waals surface area contributed by atoms with Crippen LogP contribution >= 0.6 is 11.8 Å². The topological polar surface area (TPSA) is 35.2 Å². The molecule has 1 heterocycles. The second-order valence-electron chi connectivity index (χ2n) is 4.16. The van der Waals surface area contributed by atoms with Crippen LogP contribution in [0.25, 0.3) is 0 Å². The van der Waals surface area contributed by atoms with Crippen LogP contribution in [-0.2, 0) is 5.75 Å². The second-order valence-corrected chi connectivity index (χ2v) is 5.19. The number of fused-ring (bicyclic) bond motifs is 1. The van der Waals surface area contributed by atoms with Crippen molar-refractivity contribution in [3.8, 4) is 5.75 Å². The largest absolute Gasteiger partial charge is 0.496 e. The third-order valence-corrected chi connectivity index (χ3v) is 4.31. The summed E-state index contributed by atoms with van der Waals surface area (Å²) < 4.78 is 19.1. The molecule has 2 rings (SSSR count). The maximum atomic E-state index is 13.8. The first kappa shape index (κ1) is 11.7. The number of rotatable bonds is 1. The lowest BCUT2D eigenvalue weighted by Crippen LogP contribution is -2.21. The fraction of sp³-hybridized carbons (Fsp3) is 0.500. The molecule has 2 atom stereocenters. The maximum Gasteiger partial charge on any atom is 0.128 e. The van der Waals surface area contributed by atoms with E-state index >= 15 is 0 Å². The second kappa shape index (κ2) is 4.63. The molecule has 2 N–H and O–H groups in total. The van der Waals surface area contributed by atoms with Crippen LogP contribution in [-0.4, -0.2) is 12.9 Å². The minimum atomic E-state index is -0.236. The summed E-state index contributed by atoms with van der Waals surface area (Å²) in [6.07, 6.45) is 0. The summed E-state index contributed by atoms with van der Waals surface area (Å²) in [7, 11) is 1.61. The molecular weight excluding hydrogens is 225 g/mol. The molecule has 1 aromatic rings. The Morgan fingerprint density at radius 1 is 1.50 bits per heavy atom. The van der Waals surface area contributed by atoms with Crippen molar-refractivity contribution in [3.63, 3.8) is 0 Å². The molecule has 4 heteroatoms. The van der Waals surface area contributed by atoms with Crippen molar-refractivity contribution in [1.82, 2.24) is 0 Å². The summed E-state index contributed by atoms with van der Waals surface area (Å²) in [5.41, 5.74) is 7.66. The molecular formula is C12H16FNOS. The number of thioether (sulfide) groups is 1. The molecule has 0 saturated heterocycles.